The molecular formula is C27H27FN2O2. The Kier molecular flexibility index (Phi) is 6.95. The predicted octanol–water partition coefficient (Wildman–Crippen LogP) is 4.66. The molecule has 3 aromatic rings. The highest BCUT2D eigenvalue weighted by atomic mass is 19.1. The van der Waals surface area contributed by atoms with E-state index >= 15 is 0 Å². The second kappa shape index (κ2) is 10.2. The maximum atomic E-state index is 14.6. The minimum atomic E-state index is -0.532. The summed E-state index contributed by atoms with van der Waals surface area (Å²) in [6.45, 7) is 0.720. The first-order valence-corrected chi connectivity index (χ1v) is 11.0. The molecule has 0 bridgehead atoms. The minimum absolute atomic E-state index is 0.0743. The number of rotatable bonds is 6. The summed E-state index contributed by atoms with van der Waals surface area (Å²) in [5, 5.41) is 2.89. The summed E-state index contributed by atoms with van der Waals surface area (Å²) in [6.07, 6.45) is 1.69. The van der Waals surface area contributed by atoms with Gasteiger partial charge < -0.3 is 10.2 Å². The SMILES string of the molecule is O=C1CC(N(Cc2ccccc2F)C(=O)C(c2ccccc2)c2ccccc2)CCCN1. The third kappa shape index (κ3) is 5.05. The number of carbonyl (C=O) groups excluding carboxylic acids is 2. The number of carbonyl (C=O) groups is 2. The topological polar surface area (TPSA) is 49.4 Å². The van der Waals surface area contributed by atoms with Crippen LogP contribution in [0.2, 0.25) is 0 Å². The molecular weight excluding hydrogens is 403 g/mol. The first-order valence-electron chi connectivity index (χ1n) is 11.0. The molecule has 5 heteroatoms. The monoisotopic (exact) mass is 430 g/mol. The zero-order chi connectivity index (χ0) is 22.3. The van der Waals surface area contributed by atoms with Crippen LogP contribution < -0.4 is 5.32 Å². The van der Waals surface area contributed by atoms with Gasteiger partial charge in [0, 0.05) is 31.1 Å². The van der Waals surface area contributed by atoms with Gasteiger partial charge in [-0.15, -0.1) is 0 Å². The Morgan fingerprint density at radius 3 is 2.16 bits per heavy atom. The highest BCUT2D eigenvalue weighted by Crippen LogP contribution is 2.30. The Labute approximate surface area is 188 Å². The Morgan fingerprint density at radius 2 is 1.53 bits per heavy atom. The number of halogens is 1. The fourth-order valence-electron chi connectivity index (χ4n) is 4.35. The molecule has 0 radical (unpaired) electrons. The average molecular weight is 431 g/mol. The lowest BCUT2D eigenvalue weighted by Gasteiger charge is -2.34. The van der Waals surface area contributed by atoms with Crippen molar-refractivity contribution in [3.05, 3.63) is 107 Å². The number of benzene rings is 3. The molecule has 1 aliphatic heterocycles. The van der Waals surface area contributed by atoms with Crippen molar-refractivity contribution in [1.82, 2.24) is 10.2 Å². The predicted molar refractivity (Wildman–Crippen MR) is 122 cm³/mol. The number of nitrogens with zero attached hydrogens (tertiary/aromatic N) is 1. The van der Waals surface area contributed by atoms with Crippen LogP contribution in [0.3, 0.4) is 0 Å². The van der Waals surface area contributed by atoms with Gasteiger partial charge in [0.15, 0.2) is 0 Å². The fourth-order valence-corrected chi connectivity index (χ4v) is 4.35. The first-order chi connectivity index (χ1) is 15.6. The van der Waals surface area contributed by atoms with Crippen LogP contribution in [0.4, 0.5) is 4.39 Å². The van der Waals surface area contributed by atoms with Crippen LogP contribution in [0.15, 0.2) is 84.9 Å². The molecule has 1 N–H and O–H groups in total. The number of hydrogen-bond donors (Lipinski definition) is 1. The minimum Gasteiger partial charge on any atom is -0.356 e. The molecule has 1 fully saturated rings. The zero-order valence-corrected chi connectivity index (χ0v) is 17.9. The lowest BCUT2D eigenvalue weighted by atomic mass is 9.89. The van der Waals surface area contributed by atoms with E-state index in [1.165, 1.54) is 6.07 Å². The van der Waals surface area contributed by atoms with E-state index in [0.29, 0.717) is 18.5 Å². The molecule has 1 unspecified atom stereocenters. The standard InChI is InChI=1S/C27H27FN2O2/c28-24-16-8-7-14-22(24)19-30(23-15-9-17-29-25(31)18-23)27(32)26(20-10-3-1-4-11-20)21-12-5-2-6-13-21/h1-8,10-14,16,23,26H,9,15,17-19H2,(H,29,31). The Balaban J connectivity index is 1.76. The molecule has 1 atom stereocenters. The van der Waals surface area contributed by atoms with Gasteiger partial charge >= 0.3 is 0 Å². The van der Waals surface area contributed by atoms with E-state index in [4.69, 9.17) is 0 Å². The molecule has 0 aromatic heterocycles. The summed E-state index contributed by atoms with van der Waals surface area (Å²) < 4.78 is 14.6. The van der Waals surface area contributed by atoms with Crippen LogP contribution in [0.5, 0.6) is 0 Å². The summed E-state index contributed by atoms with van der Waals surface area (Å²) >= 11 is 0. The van der Waals surface area contributed by atoms with E-state index in [0.717, 1.165) is 17.5 Å². The number of hydrogen-bond acceptors (Lipinski definition) is 2. The van der Waals surface area contributed by atoms with E-state index in [9.17, 15) is 14.0 Å². The third-order valence-electron chi connectivity index (χ3n) is 5.99. The van der Waals surface area contributed by atoms with Crippen molar-refractivity contribution in [3.63, 3.8) is 0 Å². The van der Waals surface area contributed by atoms with Crippen LogP contribution in [0.25, 0.3) is 0 Å². The van der Waals surface area contributed by atoms with Crippen LogP contribution in [0.1, 0.15) is 41.9 Å². The highest BCUT2D eigenvalue weighted by Gasteiger charge is 2.34. The van der Waals surface area contributed by atoms with Gasteiger partial charge in [0.1, 0.15) is 5.82 Å². The Morgan fingerprint density at radius 1 is 0.938 bits per heavy atom. The van der Waals surface area contributed by atoms with E-state index < -0.39 is 5.92 Å². The van der Waals surface area contributed by atoms with Crippen LogP contribution in [-0.4, -0.2) is 29.3 Å². The van der Waals surface area contributed by atoms with Crippen molar-refractivity contribution in [2.75, 3.05) is 6.54 Å². The van der Waals surface area contributed by atoms with Gasteiger partial charge in [-0.2, -0.15) is 0 Å². The van der Waals surface area contributed by atoms with E-state index in [2.05, 4.69) is 5.32 Å². The number of nitrogens with one attached hydrogen (secondary N) is 1. The highest BCUT2D eigenvalue weighted by molar-refractivity contribution is 5.88. The summed E-state index contributed by atoms with van der Waals surface area (Å²) in [5.74, 6) is -1.07. The van der Waals surface area contributed by atoms with Crippen LogP contribution in [0, 0.1) is 5.82 Å². The lowest BCUT2D eigenvalue weighted by molar-refractivity contribution is -0.136. The van der Waals surface area contributed by atoms with Crippen LogP contribution in [-0.2, 0) is 16.1 Å². The molecule has 1 aliphatic rings. The van der Waals surface area contributed by atoms with Crippen molar-refractivity contribution in [2.45, 2.75) is 37.8 Å². The molecule has 1 saturated heterocycles. The fraction of sp³-hybridized carbons (Fsp3) is 0.259. The lowest BCUT2D eigenvalue weighted by Crippen LogP contribution is -2.44. The van der Waals surface area contributed by atoms with Crippen LogP contribution >= 0.6 is 0 Å². The van der Waals surface area contributed by atoms with Gasteiger partial charge in [0.25, 0.3) is 0 Å². The van der Waals surface area contributed by atoms with Crippen molar-refractivity contribution >= 4 is 11.8 Å². The third-order valence-corrected chi connectivity index (χ3v) is 5.99. The Hall–Kier alpha value is -3.47. The summed E-state index contributed by atoms with van der Waals surface area (Å²) in [6, 6.07) is 25.5. The molecule has 1 heterocycles. The molecule has 0 spiro atoms. The van der Waals surface area contributed by atoms with Gasteiger partial charge in [0.2, 0.25) is 11.8 Å². The number of amides is 2. The van der Waals surface area contributed by atoms with E-state index in [1.807, 2.05) is 60.7 Å². The summed E-state index contributed by atoms with van der Waals surface area (Å²) in [5.41, 5.74) is 2.20. The summed E-state index contributed by atoms with van der Waals surface area (Å²) in [4.78, 5) is 28.2. The second-order valence-electron chi connectivity index (χ2n) is 8.16. The molecule has 0 saturated carbocycles. The van der Waals surface area contributed by atoms with Crippen molar-refractivity contribution in [1.29, 1.82) is 0 Å². The second-order valence-corrected chi connectivity index (χ2v) is 8.16. The van der Waals surface area contributed by atoms with Gasteiger partial charge in [-0.25, -0.2) is 4.39 Å². The maximum Gasteiger partial charge on any atom is 0.235 e. The molecule has 164 valence electrons. The molecule has 4 rings (SSSR count). The smallest absolute Gasteiger partial charge is 0.235 e. The van der Waals surface area contributed by atoms with E-state index in [-0.39, 0.29) is 36.6 Å². The van der Waals surface area contributed by atoms with Crippen molar-refractivity contribution < 1.29 is 14.0 Å². The van der Waals surface area contributed by atoms with E-state index in [1.54, 1.807) is 23.1 Å². The molecule has 0 aliphatic carbocycles. The van der Waals surface area contributed by atoms with Gasteiger partial charge in [0.05, 0.1) is 5.92 Å². The van der Waals surface area contributed by atoms with Gasteiger partial charge in [-0.1, -0.05) is 78.9 Å². The molecule has 4 nitrogen and oxygen atoms in total. The molecule has 2 amide bonds. The normalized spacial score (nSPS) is 16.3. The summed E-state index contributed by atoms with van der Waals surface area (Å²) in [7, 11) is 0. The Bertz CT molecular complexity index is 1020. The first kappa shape index (κ1) is 21.8. The average Bonchev–Trinajstić information content (AvgIpc) is 3.04. The quantitative estimate of drug-likeness (QED) is 0.619. The van der Waals surface area contributed by atoms with Crippen molar-refractivity contribution in [2.24, 2.45) is 0 Å². The van der Waals surface area contributed by atoms with Gasteiger partial charge in [-0.05, 0) is 30.0 Å². The zero-order valence-electron chi connectivity index (χ0n) is 17.9. The maximum absolute atomic E-state index is 14.6. The van der Waals surface area contributed by atoms with Crippen molar-refractivity contribution in [3.8, 4) is 0 Å². The molecule has 3 aromatic carbocycles. The largest absolute Gasteiger partial charge is 0.356 e. The molecule has 32 heavy (non-hydrogen) atoms. The van der Waals surface area contributed by atoms with Gasteiger partial charge in [-0.3, -0.25) is 9.59 Å².